The van der Waals surface area contributed by atoms with E-state index in [2.05, 4.69) is 36.8 Å². The molecule has 58 valence electrons. The Kier molecular flexibility index (Phi) is 2.89. The van der Waals surface area contributed by atoms with Crippen LogP contribution in [0.5, 0.6) is 0 Å². The molecule has 2 atom stereocenters. The second-order valence-corrected chi connectivity index (χ2v) is 4.77. The third-order valence-corrected chi connectivity index (χ3v) is 3.04. The fourth-order valence-electron chi connectivity index (χ4n) is 0.998. The molecule has 1 rings (SSSR count). The zero-order valence-corrected chi connectivity index (χ0v) is 8.85. The highest BCUT2D eigenvalue weighted by Gasteiger charge is 2.29. The predicted molar refractivity (Wildman–Crippen MR) is 47.9 cm³/mol. The van der Waals surface area contributed by atoms with Crippen LogP contribution < -0.4 is 0 Å². The Balaban J connectivity index is 2.57. The van der Waals surface area contributed by atoms with E-state index in [1.165, 1.54) is 0 Å². The minimum absolute atomic E-state index is 0.00984. The second-order valence-electron chi connectivity index (χ2n) is 2.56. The fourth-order valence-corrected chi connectivity index (χ4v) is 2.98. The molecule has 10 heavy (non-hydrogen) atoms. The van der Waals surface area contributed by atoms with Crippen molar-refractivity contribution in [1.82, 2.24) is 4.90 Å². The van der Waals surface area contributed by atoms with Gasteiger partial charge in [-0.25, -0.2) is 0 Å². The Morgan fingerprint density at radius 1 is 1.40 bits per heavy atom. The maximum absolute atomic E-state index is 11.2. The molecule has 4 heteroatoms. The molecular formula is C6H9Br2NO. The molecule has 0 aromatic rings. The quantitative estimate of drug-likeness (QED) is 0.613. The van der Waals surface area contributed by atoms with E-state index in [4.69, 9.17) is 0 Å². The van der Waals surface area contributed by atoms with Crippen molar-refractivity contribution in [1.29, 1.82) is 0 Å². The van der Waals surface area contributed by atoms with E-state index < -0.39 is 0 Å². The van der Waals surface area contributed by atoms with Gasteiger partial charge in [-0.2, -0.15) is 0 Å². The first-order valence-electron chi connectivity index (χ1n) is 3.11. The van der Waals surface area contributed by atoms with Crippen LogP contribution in [-0.2, 0) is 4.79 Å². The number of piperidine rings is 1. The van der Waals surface area contributed by atoms with Gasteiger partial charge in [0.1, 0.15) is 0 Å². The van der Waals surface area contributed by atoms with Crippen molar-refractivity contribution in [3.05, 3.63) is 0 Å². The first-order chi connectivity index (χ1) is 4.61. The molecule has 0 aromatic carbocycles. The molecular weight excluding hydrogens is 262 g/mol. The van der Waals surface area contributed by atoms with Crippen LogP contribution in [0.2, 0.25) is 0 Å². The molecule has 1 aliphatic heterocycles. The highest BCUT2D eigenvalue weighted by molar-refractivity contribution is 9.10. The number of rotatable bonds is 0. The van der Waals surface area contributed by atoms with Crippen LogP contribution in [0.1, 0.15) is 0 Å². The standard InChI is InChI=1S/C6H9Br2NO/c1-9-2-4(7)6(10)5(8)3-9/h4-5H,2-3H2,1H3. The number of likely N-dealkylation sites (tertiary alicyclic amines) is 1. The van der Waals surface area contributed by atoms with E-state index in [-0.39, 0.29) is 15.4 Å². The van der Waals surface area contributed by atoms with Crippen LogP contribution in [0.25, 0.3) is 0 Å². The third kappa shape index (κ3) is 1.80. The molecule has 0 N–H and O–H groups in total. The highest BCUT2D eigenvalue weighted by Crippen LogP contribution is 2.17. The maximum atomic E-state index is 11.2. The van der Waals surface area contributed by atoms with Crippen molar-refractivity contribution in [3.63, 3.8) is 0 Å². The Hall–Kier alpha value is 0.590. The van der Waals surface area contributed by atoms with E-state index in [0.717, 1.165) is 13.1 Å². The molecule has 1 heterocycles. The summed E-state index contributed by atoms with van der Waals surface area (Å²) >= 11 is 6.63. The summed E-state index contributed by atoms with van der Waals surface area (Å²) < 4.78 is 0. The largest absolute Gasteiger partial charge is 0.303 e. The van der Waals surface area contributed by atoms with Gasteiger partial charge in [0.05, 0.1) is 9.65 Å². The summed E-state index contributed by atoms with van der Waals surface area (Å²) in [7, 11) is 2.01. The summed E-state index contributed by atoms with van der Waals surface area (Å²) in [5.41, 5.74) is 0. The van der Waals surface area contributed by atoms with Crippen LogP contribution >= 0.6 is 31.9 Å². The first-order valence-corrected chi connectivity index (χ1v) is 4.95. The number of Topliss-reactive ketones (excluding diaryl/α,β-unsaturated/α-hetero) is 1. The minimum Gasteiger partial charge on any atom is -0.303 e. The van der Waals surface area contributed by atoms with Crippen molar-refractivity contribution in [2.45, 2.75) is 9.65 Å². The summed E-state index contributed by atoms with van der Waals surface area (Å²) in [6.07, 6.45) is 0. The summed E-state index contributed by atoms with van der Waals surface area (Å²) in [5.74, 6) is 0.262. The molecule has 2 unspecified atom stereocenters. The SMILES string of the molecule is CN1CC(Br)C(=O)C(Br)C1. The van der Waals surface area contributed by atoms with Gasteiger partial charge in [0.25, 0.3) is 0 Å². The number of halogens is 2. The maximum Gasteiger partial charge on any atom is 0.162 e. The molecule has 1 aliphatic rings. The van der Waals surface area contributed by atoms with Crippen molar-refractivity contribution in [2.24, 2.45) is 0 Å². The Labute approximate surface area is 77.2 Å². The highest BCUT2D eigenvalue weighted by atomic mass is 79.9. The Bertz CT molecular complexity index is 137. The van der Waals surface area contributed by atoms with Gasteiger partial charge in [-0.3, -0.25) is 4.79 Å². The molecule has 0 amide bonds. The van der Waals surface area contributed by atoms with E-state index in [1.807, 2.05) is 7.05 Å². The smallest absolute Gasteiger partial charge is 0.162 e. The second kappa shape index (κ2) is 3.32. The summed E-state index contributed by atoms with van der Waals surface area (Å²) in [4.78, 5) is 13.3. The lowest BCUT2D eigenvalue weighted by Gasteiger charge is -2.28. The van der Waals surface area contributed by atoms with E-state index in [9.17, 15) is 4.79 Å². The van der Waals surface area contributed by atoms with E-state index in [1.54, 1.807) is 0 Å². The van der Waals surface area contributed by atoms with Crippen molar-refractivity contribution in [3.8, 4) is 0 Å². The summed E-state index contributed by atoms with van der Waals surface area (Å²) in [5, 5.41) is 0. The molecule has 0 spiro atoms. The molecule has 2 nitrogen and oxygen atoms in total. The summed E-state index contributed by atoms with van der Waals surface area (Å²) in [6.45, 7) is 1.64. The third-order valence-electron chi connectivity index (χ3n) is 1.56. The number of hydrogen-bond donors (Lipinski definition) is 0. The van der Waals surface area contributed by atoms with Crippen LogP contribution in [0.4, 0.5) is 0 Å². The van der Waals surface area contributed by atoms with Gasteiger partial charge >= 0.3 is 0 Å². The number of alkyl halides is 2. The molecule has 1 saturated heterocycles. The average molecular weight is 271 g/mol. The topological polar surface area (TPSA) is 20.3 Å². The van der Waals surface area contributed by atoms with E-state index >= 15 is 0 Å². The number of carbonyl (C=O) groups excluding carboxylic acids is 1. The number of nitrogens with zero attached hydrogens (tertiary/aromatic N) is 1. The molecule has 1 fully saturated rings. The van der Waals surface area contributed by atoms with Crippen LogP contribution in [0.15, 0.2) is 0 Å². The van der Waals surface area contributed by atoms with Crippen molar-refractivity contribution in [2.75, 3.05) is 20.1 Å². The van der Waals surface area contributed by atoms with Crippen LogP contribution in [0, 0.1) is 0 Å². The van der Waals surface area contributed by atoms with Gasteiger partial charge in [-0.1, -0.05) is 31.9 Å². The monoisotopic (exact) mass is 269 g/mol. The fraction of sp³-hybridized carbons (Fsp3) is 0.833. The molecule has 0 aliphatic carbocycles. The van der Waals surface area contributed by atoms with Crippen LogP contribution in [-0.4, -0.2) is 40.5 Å². The molecule has 0 radical (unpaired) electrons. The average Bonchev–Trinajstić information content (AvgIpc) is 1.82. The van der Waals surface area contributed by atoms with Crippen LogP contribution in [0.3, 0.4) is 0 Å². The Morgan fingerprint density at radius 3 is 2.20 bits per heavy atom. The number of ketones is 1. The first kappa shape index (κ1) is 8.68. The van der Waals surface area contributed by atoms with Gasteiger partial charge in [-0.05, 0) is 7.05 Å². The van der Waals surface area contributed by atoms with E-state index in [0.29, 0.717) is 0 Å². The lowest BCUT2D eigenvalue weighted by atomic mass is 10.1. The van der Waals surface area contributed by atoms with Crippen molar-refractivity contribution >= 4 is 37.6 Å². The normalized spacial score (nSPS) is 36.5. The predicted octanol–water partition coefficient (Wildman–Crippen LogP) is 1.03. The Morgan fingerprint density at radius 2 is 1.80 bits per heavy atom. The van der Waals surface area contributed by atoms with Gasteiger partial charge in [-0.15, -0.1) is 0 Å². The minimum atomic E-state index is 0.00984. The zero-order chi connectivity index (χ0) is 7.72. The van der Waals surface area contributed by atoms with Gasteiger partial charge < -0.3 is 4.90 Å². The molecule has 0 aromatic heterocycles. The van der Waals surface area contributed by atoms with Gasteiger partial charge in [0.2, 0.25) is 0 Å². The molecule has 0 bridgehead atoms. The zero-order valence-electron chi connectivity index (χ0n) is 5.68. The van der Waals surface area contributed by atoms with Gasteiger partial charge in [0.15, 0.2) is 5.78 Å². The lowest BCUT2D eigenvalue weighted by molar-refractivity contribution is -0.119. The lowest BCUT2D eigenvalue weighted by Crippen LogP contribution is -2.46. The molecule has 0 saturated carbocycles. The summed E-state index contributed by atoms with van der Waals surface area (Å²) in [6, 6.07) is 0. The van der Waals surface area contributed by atoms with Gasteiger partial charge in [0, 0.05) is 13.1 Å². The van der Waals surface area contributed by atoms with Crippen molar-refractivity contribution < 1.29 is 4.79 Å². The number of hydrogen-bond acceptors (Lipinski definition) is 2. The number of carbonyl (C=O) groups is 1.